The van der Waals surface area contributed by atoms with E-state index in [4.69, 9.17) is 17.3 Å². The number of hydrogen-bond donors (Lipinski definition) is 1. The van der Waals surface area contributed by atoms with Gasteiger partial charge < -0.3 is 10.6 Å². The lowest BCUT2D eigenvalue weighted by Crippen LogP contribution is -2.12. The molecule has 1 aromatic rings. The van der Waals surface area contributed by atoms with Crippen molar-refractivity contribution in [2.75, 3.05) is 19.0 Å². The van der Waals surface area contributed by atoms with Gasteiger partial charge in [-0.2, -0.15) is 0 Å². The van der Waals surface area contributed by atoms with Gasteiger partial charge in [0.15, 0.2) is 0 Å². The van der Waals surface area contributed by atoms with Crippen LogP contribution in [0.25, 0.3) is 0 Å². The molecule has 2 nitrogen and oxygen atoms in total. The average molecular weight is 261 g/mol. The molecule has 90 valence electrons. The zero-order chi connectivity index (χ0) is 11.4. The Kier molecular flexibility index (Phi) is 6.49. The van der Waals surface area contributed by atoms with Gasteiger partial charge in [0.2, 0.25) is 0 Å². The second kappa shape index (κ2) is 6.79. The van der Waals surface area contributed by atoms with Crippen LogP contribution in [0.5, 0.6) is 0 Å². The minimum absolute atomic E-state index is 0. The average Bonchev–Trinajstić information content (AvgIpc) is 2.17. The number of benzene rings is 1. The van der Waals surface area contributed by atoms with Gasteiger partial charge >= 0.3 is 0 Å². The second-order valence-electron chi connectivity index (χ2n) is 3.73. The van der Waals surface area contributed by atoms with Crippen LogP contribution in [0.1, 0.15) is 18.0 Å². The SMILES string of the molecule is C=CC[C@H](N)c1ccc(N(C)C)cc1Cl.Cl. The molecule has 0 radical (unpaired) electrons. The summed E-state index contributed by atoms with van der Waals surface area (Å²) in [5, 5.41) is 0.718. The van der Waals surface area contributed by atoms with E-state index in [0.29, 0.717) is 0 Å². The number of nitrogens with zero attached hydrogens (tertiary/aromatic N) is 1. The third kappa shape index (κ3) is 3.71. The third-order valence-corrected chi connectivity index (χ3v) is 2.65. The van der Waals surface area contributed by atoms with E-state index in [-0.39, 0.29) is 18.4 Å². The second-order valence-corrected chi connectivity index (χ2v) is 4.14. The number of hydrogen-bond acceptors (Lipinski definition) is 2. The van der Waals surface area contributed by atoms with Crippen LogP contribution in [-0.2, 0) is 0 Å². The van der Waals surface area contributed by atoms with Gasteiger partial charge in [-0.3, -0.25) is 0 Å². The van der Waals surface area contributed by atoms with Gasteiger partial charge in [-0.1, -0.05) is 23.7 Å². The van der Waals surface area contributed by atoms with E-state index in [1.54, 1.807) is 6.08 Å². The standard InChI is InChI=1S/C12H17ClN2.ClH/c1-4-5-12(14)10-7-6-9(15(2)3)8-11(10)13;/h4,6-8,12H,1,5,14H2,2-3H3;1H/t12-;/m0./s1. The summed E-state index contributed by atoms with van der Waals surface area (Å²) in [6, 6.07) is 5.86. The Morgan fingerprint density at radius 2 is 2.12 bits per heavy atom. The summed E-state index contributed by atoms with van der Waals surface area (Å²) in [5.74, 6) is 0. The molecular formula is C12H18Cl2N2. The van der Waals surface area contributed by atoms with Crippen LogP contribution in [-0.4, -0.2) is 14.1 Å². The predicted molar refractivity (Wildman–Crippen MR) is 74.8 cm³/mol. The summed E-state index contributed by atoms with van der Waals surface area (Å²) in [4.78, 5) is 2.01. The molecule has 16 heavy (non-hydrogen) atoms. The van der Waals surface area contributed by atoms with Crippen LogP contribution < -0.4 is 10.6 Å². The summed E-state index contributed by atoms with van der Waals surface area (Å²) in [5.41, 5.74) is 8.02. The van der Waals surface area contributed by atoms with Crippen LogP contribution in [0.3, 0.4) is 0 Å². The Bertz CT molecular complexity index is 351. The fourth-order valence-corrected chi connectivity index (χ4v) is 1.72. The van der Waals surface area contributed by atoms with Crippen molar-refractivity contribution < 1.29 is 0 Å². The fourth-order valence-electron chi connectivity index (χ4n) is 1.40. The summed E-state index contributed by atoms with van der Waals surface area (Å²) >= 11 is 6.16. The monoisotopic (exact) mass is 260 g/mol. The topological polar surface area (TPSA) is 29.3 Å². The van der Waals surface area contributed by atoms with Crippen molar-refractivity contribution in [2.24, 2.45) is 5.73 Å². The minimum atomic E-state index is -0.0637. The number of rotatable bonds is 4. The highest BCUT2D eigenvalue weighted by Gasteiger charge is 2.09. The molecule has 0 saturated heterocycles. The van der Waals surface area contributed by atoms with Gasteiger partial charge in [-0.25, -0.2) is 0 Å². The molecule has 0 spiro atoms. The Hall–Kier alpha value is -0.700. The van der Waals surface area contributed by atoms with E-state index in [0.717, 1.165) is 22.7 Å². The first-order valence-corrected chi connectivity index (χ1v) is 5.27. The Morgan fingerprint density at radius 1 is 1.50 bits per heavy atom. The molecule has 0 aliphatic carbocycles. The van der Waals surface area contributed by atoms with E-state index < -0.39 is 0 Å². The van der Waals surface area contributed by atoms with Crippen LogP contribution in [0, 0.1) is 0 Å². The van der Waals surface area contributed by atoms with Gasteiger partial charge in [0.25, 0.3) is 0 Å². The third-order valence-electron chi connectivity index (χ3n) is 2.32. The summed E-state index contributed by atoms with van der Waals surface area (Å²) in [6.07, 6.45) is 2.54. The first kappa shape index (κ1) is 15.3. The number of nitrogens with two attached hydrogens (primary N) is 1. The van der Waals surface area contributed by atoms with Crippen LogP contribution >= 0.6 is 24.0 Å². The molecule has 0 amide bonds. The maximum absolute atomic E-state index is 6.16. The van der Waals surface area contributed by atoms with Crippen molar-refractivity contribution in [1.29, 1.82) is 0 Å². The van der Waals surface area contributed by atoms with Crippen LogP contribution in [0.4, 0.5) is 5.69 Å². The van der Waals surface area contributed by atoms with Gasteiger partial charge in [-0.15, -0.1) is 19.0 Å². The van der Waals surface area contributed by atoms with Gasteiger partial charge in [0, 0.05) is 30.8 Å². The Labute approximate surface area is 108 Å². The van der Waals surface area contributed by atoms with E-state index in [1.807, 2.05) is 37.2 Å². The Balaban J connectivity index is 0.00000225. The van der Waals surface area contributed by atoms with Crippen LogP contribution in [0.15, 0.2) is 30.9 Å². The minimum Gasteiger partial charge on any atom is -0.378 e. The molecule has 0 heterocycles. The van der Waals surface area contributed by atoms with E-state index >= 15 is 0 Å². The molecule has 0 aliphatic heterocycles. The lowest BCUT2D eigenvalue weighted by atomic mass is 10.0. The zero-order valence-corrected chi connectivity index (χ0v) is 11.2. The van der Waals surface area contributed by atoms with Gasteiger partial charge in [0.1, 0.15) is 0 Å². The van der Waals surface area contributed by atoms with Crippen molar-refractivity contribution in [1.82, 2.24) is 0 Å². The van der Waals surface area contributed by atoms with Crippen molar-refractivity contribution in [2.45, 2.75) is 12.5 Å². The molecule has 0 unspecified atom stereocenters. The molecule has 0 fully saturated rings. The Morgan fingerprint density at radius 3 is 2.56 bits per heavy atom. The first-order valence-electron chi connectivity index (χ1n) is 4.89. The van der Waals surface area contributed by atoms with E-state index in [1.165, 1.54) is 0 Å². The smallest absolute Gasteiger partial charge is 0.0474 e. The summed E-state index contributed by atoms with van der Waals surface area (Å²) in [6.45, 7) is 3.67. The molecule has 2 N–H and O–H groups in total. The molecule has 0 bridgehead atoms. The molecule has 1 rings (SSSR count). The van der Waals surface area contributed by atoms with E-state index in [2.05, 4.69) is 6.58 Å². The highest BCUT2D eigenvalue weighted by atomic mass is 35.5. The first-order chi connectivity index (χ1) is 7.06. The maximum Gasteiger partial charge on any atom is 0.0474 e. The maximum atomic E-state index is 6.16. The highest BCUT2D eigenvalue weighted by molar-refractivity contribution is 6.31. The van der Waals surface area contributed by atoms with Crippen molar-refractivity contribution in [3.05, 3.63) is 41.4 Å². The van der Waals surface area contributed by atoms with Gasteiger partial charge in [-0.05, 0) is 24.1 Å². The quantitative estimate of drug-likeness (QED) is 0.841. The summed E-state index contributed by atoms with van der Waals surface area (Å²) in [7, 11) is 3.96. The van der Waals surface area contributed by atoms with Crippen molar-refractivity contribution >= 4 is 29.7 Å². The lowest BCUT2D eigenvalue weighted by Gasteiger charge is -2.16. The van der Waals surface area contributed by atoms with Crippen molar-refractivity contribution in [3.63, 3.8) is 0 Å². The molecule has 0 aliphatic rings. The lowest BCUT2D eigenvalue weighted by molar-refractivity contribution is 0.742. The molecule has 0 saturated carbocycles. The normalized spacial score (nSPS) is 11.5. The molecule has 1 atom stereocenters. The largest absolute Gasteiger partial charge is 0.378 e. The number of halogens is 2. The van der Waals surface area contributed by atoms with E-state index in [9.17, 15) is 0 Å². The highest BCUT2D eigenvalue weighted by Crippen LogP contribution is 2.27. The number of anilines is 1. The predicted octanol–water partition coefficient (Wildman–Crippen LogP) is 3.40. The van der Waals surface area contributed by atoms with Gasteiger partial charge in [0.05, 0.1) is 0 Å². The van der Waals surface area contributed by atoms with Crippen molar-refractivity contribution in [3.8, 4) is 0 Å². The van der Waals surface area contributed by atoms with Crippen LogP contribution in [0.2, 0.25) is 5.02 Å². The molecular weight excluding hydrogens is 243 g/mol. The zero-order valence-electron chi connectivity index (χ0n) is 9.61. The fraction of sp³-hybridized carbons (Fsp3) is 0.333. The molecule has 1 aromatic carbocycles. The molecule has 4 heteroatoms. The summed E-state index contributed by atoms with van der Waals surface area (Å²) < 4.78 is 0. The molecule has 0 aromatic heterocycles.